The van der Waals surface area contributed by atoms with E-state index in [0.29, 0.717) is 11.1 Å². The van der Waals surface area contributed by atoms with Crippen molar-refractivity contribution in [1.82, 2.24) is 10.2 Å². The Morgan fingerprint density at radius 2 is 1.87 bits per heavy atom. The van der Waals surface area contributed by atoms with Crippen LogP contribution in [0.1, 0.15) is 24.1 Å². The first-order valence-corrected chi connectivity index (χ1v) is 9.14. The van der Waals surface area contributed by atoms with Crippen LogP contribution in [0.3, 0.4) is 0 Å². The second-order valence-electron chi connectivity index (χ2n) is 6.69. The summed E-state index contributed by atoms with van der Waals surface area (Å²) >= 11 is 0. The molecule has 0 aliphatic carbocycles. The number of aliphatic hydroxyl groups excluding tert-OH is 1. The van der Waals surface area contributed by atoms with Crippen LogP contribution >= 0.6 is 0 Å². The first-order chi connectivity index (χ1) is 14.3. The lowest BCUT2D eigenvalue weighted by Crippen LogP contribution is -2.37. The first-order valence-electron chi connectivity index (χ1n) is 9.14. The quantitative estimate of drug-likeness (QED) is 0.247. The van der Waals surface area contributed by atoms with Crippen molar-refractivity contribution in [1.29, 1.82) is 0 Å². The third kappa shape index (κ3) is 4.04. The van der Waals surface area contributed by atoms with Crippen LogP contribution in [0.4, 0.5) is 5.69 Å². The Morgan fingerprint density at radius 3 is 2.50 bits per heavy atom. The largest absolute Gasteiger partial charge is 0.507 e. The third-order valence-electron chi connectivity index (χ3n) is 4.71. The number of ketones is 1. The predicted octanol–water partition coefficient (Wildman–Crippen LogP) is 2.15. The third-order valence-corrected chi connectivity index (χ3v) is 4.71. The number of benzene rings is 2. The van der Waals surface area contributed by atoms with E-state index in [9.17, 15) is 29.6 Å². The van der Waals surface area contributed by atoms with Gasteiger partial charge in [-0.2, -0.15) is 0 Å². The van der Waals surface area contributed by atoms with Gasteiger partial charge in [0, 0.05) is 37.7 Å². The summed E-state index contributed by atoms with van der Waals surface area (Å²) in [5.74, 6) is -2.42. The Labute approximate surface area is 171 Å². The van der Waals surface area contributed by atoms with Crippen molar-refractivity contribution >= 4 is 29.0 Å². The van der Waals surface area contributed by atoms with Crippen molar-refractivity contribution in [2.45, 2.75) is 13.0 Å². The number of Topliss-reactive ketones (excluding diaryl/α,β-unsaturated/α-hetero) is 1. The molecule has 9 heteroatoms. The van der Waals surface area contributed by atoms with Crippen molar-refractivity contribution in [2.24, 2.45) is 0 Å². The molecule has 2 aromatic rings. The van der Waals surface area contributed by atoms with E-state index in [-0.39, 0.29) is 36.0 Å². The number of rotatable bonds is 6. The van der Waals surface area contributed by atoms with E-state index >= 15 is 0 Å². The lowest BCUT2D eigenvalue weighted by molar-refractivity contribution is -0.384. The van der Waals surface area contributed by atoms with Crippen LogP contribution in [0.2, 0.25) is 0 Å². The molecular weight excluding hydrogens is 390 g/mol. The van der Waals surface area contributed by atoms with Gasteiger partial charge in [-0.3, -0.25) is 24.5 Å². The molecule has 9 nitrogen and oxygen atoms in total. The molecule has 0 saturated carbocycles. The Kier molecular flexibility index (Phi) is 5.91. The van der Waals surface area contributed by atoms with Gasteiger partial charge < -0.3 is 15.3 Å². The van der Waals surface area contributed by atoms with Gasteiger partial charge in [-0.25, -0.2) is 0 Å². The van der Waals surface area contributed by atoms with Crippen molar-refractivity contribution in [3.05, 3.63) is 81.4 Å². The van der Waals surface area contributed by atoms with Gasteiger partial charge in [0.05, 0.1) is 16.5 Å². The maximum absolute atomic E-state index is 12.8. The molecule has 0 unspecified atom stereocenters. The zero-order valence-electron chi connectivity index (χ0n) is 16.1. The zero-order valence-corrected chi connectivity index (χ0v) is 16.1. The lowest BCUT2D eigenvalue weighted by atomic mass is 9.95. The molecule has 0 aromatic heterocycles. The summed E-state index contributed by atoms with van der Waals surface area (Å²) in [6, 6.07) is 12.8. The van der Waals surface area contributed by atoms with E-state index in [0.717, 1.165) is 0 Å². The van der Waals surface area contributed by atoms with Gasteiger partial charge in [0.15, 0.2) is 0 Å². The number of nitrogens with zero attached hydrogens (tertiary/aromatic N) is 2. The Bertz CT molecular complexity index is 1050. The highest BCUT2D eigenvalue weighted by atomic mass is 16.6. The van der Waals surface area contributed by atoms with E-state index in [2.05, 4.69) is 5.32 Å². The number of carbonyl (C=O) groups is 3. The van der Waals surface area contributed by atoms with E-state index in [1.165, 1.54) is 30.0 Å². The molecule has 1 heterocycles. The fourth-order valence-electron chi connectivity index (χ4n) is 3.37. The summed E-state index contributed by atoms with van der Waals surface area (Å²) in [6.45, 7) is 1.39. The normalized spacial score (nSPS) is 17.8. The molecule has 2 amide bonds. The predicted molar refractivity (Wildman–Crippen MR) is 107 cm³/mol. The van der Waals surface area contributed by atoms with Gasteiger partial charge in [-0.05, 0) is 5.56 Å². The van der Waals surface area contributed by atoms with Gasteiger partial charge in [-0.15, -0.1) is 0 Å². The van der Waals surface area contributed by atoms with E-state index in [1.54, 1.807) is 36.4 Å². The van der Waals surface area contributed by atoms with Crippen LogP contribution in [0, 0.1) is 10.1 Å². The van der Waals surface area contributed by atoms with Crippen LogP contribution < -0.4 is 5.32 Å². The van der Waals surface area contributed by atoms with Crippen molar-refractivity contribution in [3.8, 4) is 0 Å². The number of non-ortho nitro benzene ring substituents is 1. The number of amides is 2. The molecule has 1 aliphatic rings. The maximum Gasteiger partial charge on any atom is 0.295 e. The summed E-state index contributed by atoms with van der Waals surface area (Å²) < 4.78 is 0. The maximum atomic E-state index is 12.8. The Morgan fingerprint density at radius 1 is 1.17 bits per heavy atom. The Hall–Kier alpha value is -4.01. The summed E-state index contributed by atoms with van der Waals surface area (Å²) in [4.78, 5) is 48.5. The topological polar surface area (TPSA) is 130 Å². The first kappa shape index (κ1) is 20.7. The number of nitrogens with one attached hydrogen (secondary N) is 1. The van der Waals surface area contributed by atoms with Crippen LogP contribution in [-0.2, 0) is 14.4 Å². The number of hydrogen-bond donors (Lipinski definition) is 2. The highest BCUT2D eigenvalue weighted by Gasteiger charge is 2.46. The fourth-order valence-corrected chi connectivity index (χ4v) is 3.37. The van der Waals surface area contributed by atoms with Crippen LogP contribution in [0.15, 0.2) is 60.2 Å². The van der Waals surface area contributed by atoms with Gasteiger partial charge in [0.1, 0.15) is 5.76 Å². The van der Waals surface area contributed by atoms with E-state index in [4.69, 9.17) is 0 Å². The minimum absolute atomic E-state index is 0.0108. The molecule has 1 atom stereocenters. The second-order valence-corrected chi connectivity index (χ2v) is 6.69. The Balaban J connectivity index is 2.13. The summed E-state index contributed by atoms with van der Waals surface area (Å²) in [7, 11) is 0. The number of likely N-dealkylation sites (tertiary alicyclic amines) is 1. The molecule has 0 radical (unpaired) electrons. The van der Waals surface area contributed by atoms with Crippen molar-refractivity contribution in [3.63, 3.8) is 0 Å². The molecular formula is C21H19N3O6. The van der Waals surface area contributed by atoms with E-state index < -0.39 is 22.7 Å². The average molecular weight is 409 g/mol. The number of carbonyl (C=O) groups excluding carboxylic acids is 3. The zero-order chi connectivity index (χ0) is 21.8. The van der Waals surface area contributed by atoms with Gasteiger partial charge in [-0.1, -0.05) is 42.5 Å². The highest BCUT2D eigenvalue weighted by molar-refractivity contribution is 6.46. The number of nitro groups is 1. The molecule has 1 fully saturated rings. The lowest BCUT2D eigenvalue weighted by Gasteiger charge is -2.25. The summed E-state index contributed by atoms with van der Waals surface area (Å²) in [5, 5.41) is 24.6. The highest BCUT2D eigenvalue weighted by Crippen LogP contribution is 2.39. The number of nitro benzene ring substituents is 1. The smallest absolute Gasteiger partial charge is 0.295 e. The molecule has 0 spiro atoms. The summed E-state index contributed by atoms with van der Waals surface area (Å²) in [6.07, 6.45) is 0. The monoisotopic (exact) mass is 409 g/mol. The fraction of sp³-hybridized carbons (Fsp3) is 0.190. The molecule has 3 rings (SSSR count). The van der Waals surface area contributed by atoms with Gasteiger partial charge in [0.25, 0.3) is 17.4 Å². The molecule has 1 saturated heterocycles. The molecule has 0 bridgehead atoms. The SMILES string of the molecule is CC(=O)NCCN1C(=O)C(=O)C(=C(O)c2ccccc2)[C@H]1c1cccc([N+](=O)[O-])c1. The van der Waals surface area contributed by atoms with Crippen LogP contribution in [-0.4, -0.2) is 45.6 Å². The van der Waals surface area contributed by atoms with Crippen molar-refractivity contribution < 1.29 is 24.4 Å². The molecule has 1 aliphatic heterocycles. The summed E-state index contributed by atoms with van der Waals surface area (Å²) in [5.41, 5.74) is 0.283. The van der Waals surface area contributed by atoms with Gasteiger partial charge in [0.2, 0.25) is 5.91 Å². The molecule has 30 heavy (non-hydrogen) atoms. The van der Waals surface area contributed by atoms with Crippen LogP contribution in [0.25, 0.3) is 5.76 Å². The molecule has 2 N–H and O–H groups in total. The second kappa shape index (κ2) is 8.56. The molecule has 154 valence electrons. The minimum Gasteiger partial charge on any atom is -0.507 e. The van der Waals surface area contributed by atoms with Crippen molar-refractivity contribution in [2.75, 3.05) is 13.1 Å². The van der Waals surface area contributed by atoms with E-state index in [1.807, 2.05) is 0 Å². The average Bonchev–Trinajstić information content (AvgIpc) is 2.98. The molecule has 2 aromatic carbocycles. The van der Waals surface area contributed by atoms with Crippen LogP contribution in [0.5, 0.6) is 0 Å². The standard InChI is InChI=1S/C21H19N3O6/c1-13(25)22-10-11-23-18(15-8-5-9-16(12-15)24(29)30)17(20(27)21(23)28)19(26)14-6-3-2-4-7-14/h2-9,12,18,26H,10-11H2,1H3,(H,22,25)/t18-/m1/s1. The minimum atomic E-state index is -1.03. The number of aliphatic hydroxyl groups is 1. The van der Waals surface area contributed by atoms with Gasteiger partial charge >= 0.3 is 0 Å². The number of hydrogen-bond acceptors (Lipinski definition) is 6.